The van der Waals surface area contributed by atoms with Gasteiger partial charge in [-0.25, -0.2) is 14.4 Å². The molecule has 2 aliphatic rings. The van der Waals surface area contributed by atoms with E-state index >= 15 is 0 Å². The standard InChI is InChI=1S/C24H30FN7O/c1-29-23-21(15-28-29)24(27-17-26-23)32-12-10-31(11-13-32)22(33)16-30-8-6-19(7-9-30)14-18-2-4-20(25)5-3-18/h2-5,15,17,19H,6-14,16H2,1H3. The highest BCUT2D eigenvalue weighted by Crippen LogP contribution is 2.24. The maximum atomic E-state index is 13.1. The van der Waals surface area contributed by atoms with Crippen LogP contribution in [0.2, 0.25) is 0 Å². The lowest BCUT2D eigenvalue weighted by Crippen LogP contribution is -2.52. The van der Waals surface area contributed by atoms with Crippen LogP contribution in [-0.4, -0.2) is 81.3 Å². The Balaban J connectivity index is 1.09. The number of piperidine rings is 1. The second-order valence-electron chi connectivity index (χ2n) is 9.12. The molecule has 2 aromatic heterocycles. The first-order valence-corrected chi connectivity index (χ1v) is 11.7. The van der Waals surface area contributed by atoms with Gasteiger partial charge in [0, 0.05) is 33.2 Å². The van der Waals surface area contributed by atoms with Crippen LogP contribution in [0.4, 0.5) is 10.2 Å². The molecular weight excluding hydrogens is 421 g/mol. The number of likely N-dealkylation sites (tertiary alicyclic amines) is 1. The van der Waals surface area contributed by atoms with Gasteiger partial charge in [0.1, 0.15) is 18.0 Å². The zero-order valence-corrected chi connectivity index (χ0v) is 19.0. The number of rotatable bonds is 5. The van der Waals surface area contributed by atoms with Crippen LogP contribution in [0, 0.1) is 11.7 Å². The van der Waals surface area contributed by atoms with Crippen molar-refractivity contribution in [3.8, 4) is 0 Å². The van der Waals surface area contributed by atoms with E-state index in [0.29, 0.717) is 25.6 Å². The first kappa shape index (κ1) is 21.8. The summed E-state index contributed by atoms with van der Waals surface area (Å²) in [5.41, 5.74) is 2.01. The molecular formula is C24H30FN7O. The highest BCUT2D eigenvalue weighted by molar-refractivity contribution is 5.87. The summed E-state index contributed by atoms with van der Waals surface area (Å²) in [6, 6.07) is 6.83. The minimum Gasteiger partial charge on any atom is -0.352 e. The molecule has 4 heterocycles. The van der Waals surface area contributed by atoms with Crippen molar-refractivity contribution in [2.45, 2.75) is 19.3 Å². The van der Waals surface area contributed by atoms with Gasteiger partial charge in [0.05, 0.1) is 18.1 Å². The molecule has 2 aliphatic heterocycles. The van der Waals surface area contributed by atoms with Crippen LogP contribution < -0.4 is 4.90 Å². The third-order valence-electron chi connectivity index (χ3n) is 6.94. The van der Waals surface area contributed by atoms with Crippen LogP contribution in [-0.2, 0) is 18.3 Å². The monoisotopic (exact) mass is 451 g/mol. The van der Waals surface area contributed by atoms with Crippen molar-refractivity contribution in [2.24, 2.45) is 13.0 Å². The van der Waals surface area contributed by atoms with E-state index in [1.165, 1.54) is 17.7 Å². The fourth-order valence-corrected chi connectivity index (χ4v) is 4.96. The van der Waals surface area contributed by atoms with Gasteiger partial charge >= 0.3 is 0 Å². The molecule has 0 spiro atoms. The molecule has 0 N–H and O–H groups in total. The number of carbonyl (C=O) groups is 1. The van der Waals surface area contributed by atoms with Gasteiger partial charge in [-0.05, 0) is 56.0 Å². The molecule has 2 saturated heterocycles. The second-order valence-corrected chi connectivity index (χ2v) is 9.12. The number of benzene rings is 1. The number of anilines is 1. The number of hydrogen-bond donors (Lipinski definition) is 0. The van der Waals surface area contributed by atoms with E-state index in [4.69, 9.17) is 0 Å². The Morgan fingerprint density at radius 2 is 1.76 bits per heavy atom. The van der Waals surface area contributed by atoms with Crippen LogP contribution in [0.1, 0.15) is 18.4 Å². The Bertz CT molecular complexity index is 1100. The van der Waals surface area contributed by atoms with Gasteiger partial charge in [0.2, 0.25) is 5.91 Å². The fourth-order valence-electron chi connectivity index (χ4n) is 4.96. The molecule has 33 heavy (non-hydrogen) atoms. The lowest BCUT2D eigenvalue weighted by Gasteiger charge is -2.37. The van der Waals surface area contributed by atoms with Gasteiger partial charge in [-0.3, -0.25) is 14.4 Å². The summed E-state index contributed by atoms with van der Waals surface area (Å²) in [5.74, 6) is 1.52. The molecule has 0 atom stereocenters. The zero-order valence-electron chi connectivity index (χ0n) is 19.0. The quantitative estimate of drug-likeness (QED) is 0.592. The average Bonchev–Trinajstić information content (AvgIpc) is 3.23. The lowest BCUT2D eigenvalue weighted by atomic mass is 9.90. The zero-order chi connectivity index (χ0) is 22.8. The van der Waals surface area contributed by atoms with Crippen LogP contribution in [0.25, 0.3) is 11.0 Å². The number of amides is 1. The van der Waals surface area contributed by atoms with Gasteiger partial charge in [0.25, 0.3) is 0 Å². The van der Waals surface area contributed by atoms with Crippen LogP contribution >= 0.6 is 0 Å². The van der Waals surface area contributed by atoms with E-state index < -0.39 is 0 Å². The molecule has 5 rings (SSSR count). The maximum absolute atomic E-state index is 13.1. The van der Waals surface area contributed by atoms with E-state index in [2.05, 4.69) is 24.9 Å². The summed E-state index contributed by atoms with van der Waals surface area (Å²) in [4.78, 5) is 28.2. The summed E-state index contributed by atoms with van der Waals surface area (Å²) < 4.78 is 14.9. The molecule has 3 aromatic rings. The van der Waals surface area contributed by atoms with Crippen LogP contribution in [0.3, 0.4) is 0 Å². The Kier molecular flexibility index (Phi) is 6.22. The molecule has 174 valence electrons. The van der Waals surface area contributed by atoms with Gasteiger partial charge in [0.15, 0.2) is 5.65 Å². The first-order valence-electron chi connectivity index (χ1n) is 11.7. The maximum Gasteiger partial charge on any atom is 0.236 e. The van der Waals surface area contributed by atoms with Gasteiger partial charge in [-0.1, -0.05) is 12.1 Å². The highest BCUT2D eigenvalue weighted by atomic mass is 19.1. The third-order valence-corrected chi connectivity index (χ3v) is 6.94. The summed E-state index contributed by atoms with van der Waals surface area (Å²) in [7, 11) is 1.88. The number of piperazine rings is 1. The van der Waals surface area contributed by atoms with E-state index in [9.17, 15) is 9.18 Å². The highest BCUT2D eigenvalue weighted by Gasteiger charge is 2.27. The fraction of sp³-hybridized carbons (Fsp3) is 0.500. The topological polar surface area (TPSA) is 70.4 Å². The summed E-state index contributed by atoms with van der Waals surface area (Å²) in [5, 5.41) is 5.24. The molecule has 0 radical (unpaired) electrons. The third kappa shape index (κ3) is 4.83. The Labute approximate surface area is 193 Å². The minimum atomic E-state index is -0.185. The lowest BCUT2D eigenvalue weighted by molar-refractivity contribution is -0.133. The molecule has 2 fully saturated rings. The van der Waals surface area contributed by atoms with Gasteiger partial charge in [-0.2, -0.15) is 5.10 Å². The van der Waals surface area contributed by atoms with E-state index in [1.807, 2.05) is 30.3 Å². The summed E-state index contributed by atoms with van der Waals surface area (Å²) in [6.45, 7) is 5.29. The molecule has 0 saturated carbocycles. The van der Waals surface area contributed by atoms with Crippen molar-refractivity contribution in [3.05, 3.63) is 48.2 Å². The number of nitrogens with zero attached hydrogens (tertiary/aromatic N) is 7. The van der Waals surface area contributed by atoms with Crippen molar-refractivity contribution in [1.29, 1.82) is 0 Å². The Morgan fingerprint density at radius 1 is 1.03 bits per heavy atom. The number of carbonyl (C=O) groups excluding carboxylic acids is 1. The Morgan fingerprint density at radius 3 is 2.48 bits per heavy atom. The molecule has 0 unspecified atom stereocenters. The molecule has 8 nitrogen and oxygen atoms in total. The smallest absolute Gasteiger partial charge is 0.236 e. The number of halogens is 1. The first-order chi connectivity index (χ1) is 16.1. The Hall–Kier alpha value is -3.07. The summed E-state index contributed by atoms with van der Waals surface area (Å²) in [6.07, 6.45) is 6.52. The van der Waals surface area contributed by atoms with Crippen LogP contribution in [0.5, 0.6) is 0 Å². The van der Waals surface area contributed by atoms with Crippen LogP contribution in [0.15, 0.2) is 36.8 Å². The predicted octanol–water partition coefficient (Wildman–Crippen LogP) is 2.11. The van der Waals surface area contributed by atoms with Crippen molar-refractivity contribution < 1.29 is 9.18 Å². The van der Waals surface area contributed by atoms with Crippen molar-refractivity contribution in [1.82, 2.24) is 29.5 Å². The number of aromatic nitrogens is 4. The average molecular weight is 452 g/mol. The van der Waals surface area contributed by atoms with Crippen molar-refractivity contribution >= 4 is 22.8 Å². The summed E-state index contributed by atoms with van der Waals surface area (Å²) >= 11 is 0. The molecule has 0 aliphatic carbocycles. The largest absolute Gasteiger partial charge is 0.352 e. The van der Waals surface area contributed by atoms with Crippen molar-refractivity contribution in [3.63, 3.8) is 0 Å². The molecule has 0 bridgehead atoms. The second kappa shape index (κ2) is 9.43. The van der Waals surface area contributed by atoms with E-state index in [0.717, 1.165) is 62.3 Å². The molecule has 9 heteroatoms. The normalized spacial score (nSPS) is 18.2. The SMILES string of the molecule is Cn1ncc2c(N3CCN(C(=O)CN4CCC(Cc5ccc(F)cc5)CC4)CC3)ncnc21. The number of fused-ring (bicyclic) bond motifs is 1. The molecule has 1 amide bonds. The van der Waals surface area contributed by atoms with E-state index in [1.54, 1.807) is 11.0 Å². The van der Waals surface area contributed by atoms with E-state index in [-0.39, 0.29) is 11.7 Å². The minimum absolute atomic E-state index is 0.185. The van der Waals surface area contributed by atoms with Crippen molar-refractivity contribution in [2.75, 3.05) is 50.7 Å². The predicted molar refractivity (Wildman–Crippen MR) is 124 cm³/mol. The molecule has 1 aromatic carbocycles. The van der Waals surface area contributed by atoms with Gasteiger partial charge < -0.3 is 9.80 Å². The van der Waals surface area contributed by atoms with Gasteiger partial charge in [-0.15, -0.1) is 0 Å². The number of aryl methyl sites for hydroxylation is 1. The number of hydrogen-bond acceptors (Lipinski definition) is 6.